The summed E-state index contributed by atoms with van der Waals surface area (Å²) in [4.78, 5) is 11.3. The minimum Gasteiger partial charge on any atom is -0.390 e. The molecule has 2 heteroatoms. The fourth-order valence-corrected chi connectivity index (χ4v) is 1.74. The highest BCUT2D eigenvalue weighted by molar-refractivity contribution is 5.78. The fourth-order valence-electron chi connectivity index (χ4n) is 1.74. The van der Waals surface area contributed by atoms with Crippen LogP contribution in [0.3, 0.4) is 0 Å². The Hall–Kier alpha value is -0.370. The van der Waals surface area contributed by atoms with E-state index in [1.54, 1.807) is 0 Å². The monoisotopic (exact) mass is 200 g/mol. The zero-order valence-corrected chi connectivity index (χ0v) is 9.97. The summed E-state index contributed by atoms with van der Waals surface area (Å²) in [6.07, 6.45) is 3.69. The summed E-state index contributed by atoms with van der Waals surface area (Å²) in [6.45, 7) is 7.87. The standard InChI is InChI=1S/C12H24O2/c1-5-7-11(13)8-10(3)9-12(4,14)6-2/h10,14H,5-9H2,1-4H3/t10?,12-/m0/s1. The topological polar surface area (TPSA) is 37.3 Å². The highest BCUT2D eigenvalue weighted by Crippen LogP contribution is 2.22. The van der Waals surface area contributed by atoms with Gasteiger partial charge in [0.05, 0.1) is 5.60 Å². The van der Waals surface area contributed by atoms with Gasteiger partial charge in [-0.25, -0.2) is 0 Å². The molecule has 84 valence electrons. The summed E-state index contributed by atoms with van der Waals surface area (Å²) >= 11 is 0. The van der Waals surface area contributed by atoms with Gasteiger partial charge in [-0.05, 0) is 32.1 Å². The molecular formula is C12H24O2. The molecule has 0 heterocycles. The number of ketones is 1. The molecule has 0 aliphatic carbocycles. The highest BCUT2D eigenvalue weighted by atomic mass is 16.3. The number of hydrogen-bond donors (Lipinski definition) is 1. The van der Waals surface area contributed by atoms with Crippen molar-refractivity contribution in [3.63, 3.8) is 0 Å². The molecule has 0 aliphatic heterocycles. The number of carbonyl (C=O) groups is 1. The van der Waals surface area contributed by atoms with Crippen molar-refractivity contribution in [2.24, 2.45) is 5.92 Å². The van der Waals surface area contributed by atoms with E-state index in [-0.39, 0.29) is 0 Å². The van der Waals surface area contributed by atoms with Crippen molar-refractivity contribution in [1.29, 1.82) is 0 Å². The summed E-state index contributed by atoms with van der Waals surface area (Å²) in [5.41, 5.74) is -0.605. The summed E-state index contributed by atoms with van der Waals surface area (Å²) in [6, 6.07) is 0. The van der Waals surface area contributed by atoms with Gasteiger partial charge in [0.25, 0.3) is 0 Å². The molecule has 0 aliphatic rings. The van der Waals surface area contributed by atoms with Gasteiger partial charge < -0.3 is 5.11 Å². The second-order valence-electron chi connectivity index (χ2n) is 4.65. The summed E-state index contributed by atoms with van der Waals surface area (Å²) in [5.74, 6) is 0.621. The molecule has 14 heavy (non-hydrogen) atoms. The average molecular weight is 200 g/mol. The van der Waals surface area contributed by atoms with Gasteiger partial charge in [-0.3, -0.25) is 4.79 Å². The number of aliphatic hydroxyl groups is 1. The minimum atomic E-state index is -0.605. The van der Waals surface area contributed by atoms with Gasteiger partial charge in [0.2, 0.25) is 0 Å². The molecule has 0 aromatic heterocycles. The zero-order chi connectivity index (χ0) is 11.2. The van der Waals surface area contributed by atoms with Crippen LogP contribution in [-0.4, -0.2) is 16.5 Å². The maximum absolute atomic E-state index is 11.3. The van der Waals surface area contributed by atoms with Gasteiger partial charge in [0.1, 0.15) is 5.78 Å². The first-order valence-corrected chi connectivity index (χ1v) is 5.65. The number of Topliss-reactive ketones (excluding diaryl/α,β-unsaturated/α-hetero) is 1. The van der Waals surface area contributed by atoms with Crippen LogP contribution in [0.15, 0.2) is 0 Å². The molecule has 1 unspecified atom stereocenters. The molecule has 1 N–H and O–H groups in total. The molecule has 0 amide bonds. The van der Waals surface area contributed by atoms with Crippen LogP contribution in [0.2, 0.25) is 0 Å². The Morgan fingerprint density at radius 2 is 2.00 bits per heavy atom. The van der Waals surface area contributed by atoms with Crippen LogP contribution in [-0.2, 0) is 4.79 Å². The van der Waals surface area contributed by atoms with Crippen molar-refractivity contribution < 1.29 is 9.90 Å². The van der Waals surface area contributed by atoms with Crippen LogP contribution in [0.1, 0.15) is 59.8 Å². The fraction of sp³-hybridized carbons (Fsp3) is 0.917. The molecule has 0 fully saturated rings. The van der Waals surface area contributed by atoms with Crippen LogP contribution in [0.25, 0.3) is 0 Å². The molecule has 0 saturated carbocycles. The molecule has 2 nitrogen and oxygen atoms in total. The average Bonchev–Trinajstić information content (AvgIpc) is 2.03. The smallest absolute Gasteiger partial charge is 0.133 e. The van der Waals surface area contributed by atoms with E-state index in [2.05, 4.69) is 0 Å². The lowest BCUT2D eigenvalue weighted by Crippen LogP contribution is -2.26. The van der Waals surface area contributed by atoms with Gasteiger partial charge in [-0.2, -0.15) is 0 Å². The maximum atomic E-state index is 11.3. The van der Waals surface area contributed by atoms with Crippen molar-refractivity contribution in [1.82, 2.24) is 0 Å². The van der Waals surface area contributed by atoms with Crippen molar-refractivity contribution >= 4 is 5.78 Å². The highest BCUT2D eigenvalue weighted by Gasteiger charge is 2.22. The summed E-state index contributed by atoms with van der Waals surface area (Å²) in [5, 5.41) is 9.83. The van der Waals surface area contributed by atoms with E-state index in [0.29, 0.717) is 24.5 Å². The molecule has 0 bridgehead atoms. The van der Waals surface area contributed by atoms with Crippen molar-refractivity contribution in [2.75, 3.05) is 0 Å². The summed E-state index contributed by atoms with van der Waals surface area (Å²) < 4.78 is 0. The Bertz CT molecular complexity index is 173. The Labute approximate surface area is 87.7 Å². The molecule has 2 atom stereocenters. The van der Waals surface area contributed by atoms with E-state index < -0.39 is 5.60 Å². The molecule has 0 saturated heterocycles. The number of rotatable bonds is 7. The first-order chi connectivity index (χ1) is 6.41. The number of carbonyl (C=O) groups excluding carboxylic acids is 1. The van der Waals surface area contributed by atoms with Crippen LogP contribution >= 0.6 is 0 Å². The van der Waals surface area contributed by atoms with E-state index >= 15 is 0 Å². The predicted octanol–water partition coefficient (Wildman–Crippen LogP) is 2.93. The molecule has 0 radical (unpaired) electrons. The minimum absolute atomic E-state index is 0.295. The lowest BCUT2D eigenvalue weighted by Gasteiger charge is -2.24. The van der Waals surface area contributed by atoms with Gasteiger partial charge in [-0.15, -0.1) is 0 Å². The molecule has 0 spiro atoms. The molecule has 0 aromatic carbocycles. The number of hydrogen-bond acceptors (Lipinski definition) is 2. The third-order valence-electron chi connectivity index (χ3n) is 2.65. The lowest BCUT2D eigenvalue weighted by molar-refractivity contribution is -0.120. The first kappa shape index (κ1) is 13.6. The van der Waals surface area contributed by atoms with Crippen LogP contribution in [0.5, 0.6) is 0 Å². The van der Waals surface area contributed by atoms with E-state index in [9.17, 15) is 9.90 Å². The van der Waals surface area contributed by atoms with Gasteiger partial charge in [-0.1, -0.05) is 20.8 Å². The van der Waals surface area contributed by atoms with E-state index in [1.807, 2.05) is 27.7 Å². The first-order valence-electron chi connectivity index (χ1n) is 5.65. The second-order valence-corrected chi connectivity index (χ2v) is 4.65. The Morgan fingerprint density at radius 3 is 2.43 bits per heavy atom. The quantitative estimate of drug-likeness (QED) is 0.686. The SMILES string of the molecule is CCCC(=O)CC(C)C[C@@](C)(O)CC. The van der Waals surface area contributed by atoms with Crippen LogP contribution in [0.4, 0.5) is 0 Å². The largest absolute Gasteiger partial charge is 0.390 e. The van der Waals surface area contributed by atoms with E-state index in [0.717, 1.165) is 19.3 Å². The third kappa shape index (κ3) is 6.14. The Balaban J connectivity index is 3.86. The van der Waals surface area contributed by atoms with Gasteiger partial charge in [0.15, 0.2) is 0 Å². The van der Waals surface area contributed by atoms with Gasteiger partial charge in [0, 0.05) is 12.8 Å². The third-order valence-corrected chi connectivity index (χ3v) is 2.65. The lowest BCUT2D eigenvalue weighted by atomic mass is 9.88. The Kier molecular flexibility index (Phi) is 6.01. The Morgan fingerprint density at radius 1 is 1.43 bits per heavy atom. The van der Waals surface area contributed by atoms with Crippen molar-refractivity contribution in [3.05, 3.63) is 0 Å². The van der Waals surface area contributed by atoms with Crippen molar-refractivity contribution in [3.8, 4) is 0 Å². The molecule has 0 aromatic rings. The summed E-state index contributed by atoms with van der Waals surface area (Å²) in [7, 11) is 0. The maximum Gasteiger partial charge on any atom is 0.133 e. The normalized spacial score (nSPS) is 17.5. The van der Waals surface area contributed by atoms with Crippen molar-refractivity contribution in [2.45, 2.75) is 65.4 Å². The molecule has 0 rings (SSSR count). The van der Waals surface area contributed by atoms with Crippen LogP contribution < -0.4 is 0 Å². The van der Waals surface area contributed by atoms with E-state index in [4.69, 9.17) is 0 Å². The van der Waals surface area contributed by atoms with E-state index in [1.165, 1.54) is 0 Å². The molecular weight excluding hydrogens is 176 g/mol. The van der Waals surface area contributed by atoms with Gasteiger partial charge >= 0.3 is 0 Å². The second kappa shape index (κ2) is 6.18. The zero-order valence-electron chi connectivity index (χ0n) is 9.97. The van der Waals surface area contributed by atoms with Crippen LogP contribution in [0, 0.1) is 5.92 Å². The predicted molar refractivity (Wildman–Crippen MR) is 59.2 cm³/mol.